The first kappa shape index (κ1) is 15.0. The number of hydrogen-bond acceptors (Lipinski definition) is 3. The summed E-state index contributed by atoms with van der Waals surface area (Å²) in [7, 11) is 1.67. The van der Waals surface area contributed by atoms with Crippen molar-refractivity contribution in [3.63, 3.8) is 0 Å². The molecule has 0 saturated carbocycles. The standard InChI is InChI=1S/C15H25NO2/c1-11(2)12-7-6-8-13(9-12)18-10-14(16)15(3,4)17-5/h6-9,11,14H,10,16H2,1-5H3. The second-order valence-corrected chi connectivity index (χ2v) is 5.45. The van der Waals surface area contributed by atoms with Crippen LogP contribution in [0.5, 0.6) is 5.75 Å². The maximum atomic E-state index is 6.06. The minimum absolute atomic E-state index is 0.162. The van der Waals surface area contributed by atoms with Crippen LogP contribution < -0.4 is 10.5 Å². The molecule has 1 unspecified atom stereocenters. The van der Waals surface area contributed by atoms with Crippen LogP contribution in [0.25, 0.3) is 0 Å². The van der Waals surface area contributed by atoms with Gasteiger partial charge in [0.1, 0.15) is 12.4 Å². The van der Waals surface area contributed by atoms with Gasteiger partial charge in [-0.3, -0.25) is 0 Å². The zero-order chi connectivity index (χ0) is 13.8. The molecule has 1 rings (SSSR count). The molecule has 1 atom stereocenters. The largest absolute Gasteiger partial charge is 0.492 e. The van der Waals surface area contributed by atoms with Crippen molar-refractivity contribution < 1.29 is 9.47 Å². The third-order valence-corrected chi connectivity index (χ3v) is 3.37. The van der Waals surface area contributed by atoms with E-state index in [2.05, 4.69) is 26.0 Å². The van der Waals surface area contributed by atoms with Gasteiger partial charge in [-0.1, -0.05) is 26.0 Å². The number of nitrogens with two attached hydrogens (primary N) is 1. The summed E-state index contributed by atoms with van der Waals surface area (Å²) >= 11 is 0. The molecule has 1 aromatic carbocycles. The smallest absolute Gasteiger partial charge is 0.119 e. The SMILES string of the molecule is COC(C)(C)C(N)COc1cccc(C(C)C)c1. The Morgan fingerprint density at radius 1 is 1.28 bits per heavy atom. The molecule has 102 valence electrons. The zero-order valence-corrected chi connectivity index (χ0v) is 12.1. The Kier molecular flexibility index (Phi) is 5.17. The first-order valence-electron chi connectivity index (χ1n) is 6.40. The molecule has 0 aromatic heterocycles. The van der Waals surface area contributed by atoms with Crippen LogP contribution in [0.3, 0.4) is 0 Å². The van der Waals surface area contributed by atoms with Crippen LogP contribution in [0.15, 0.2) is 24.3 Å². The second kappa shape index (κ2) is 6.21. The fourth-order valence-corrected chi connectivity index (χ4v) is 1.50. The minimum atomic E-state index is -0.379. The van der Waals surface area contributed by atoms with Crippen LogP contribution >= 0.6 is 0 Å². The molecule has 0 radical (unpaired) electrons. The highest BCUT2D eigenvalue weighted by molar-refractivity contribution is 5.30. The first-order valence-corrected chi connectivity index (χ1v) is 6.40. The van der Waals surface area contributed by atoms with Gasteiger partial charge in [-0.15, -0.1) is 0 Å². The lowest BCUT2D eigenvalue weighted by atomic mass is 10.0. The quantitative estimate of drug-likeness (QED) is 0.845. The number of methoxy groups -OCH3 is 1. The van der Waals surface area contributed by atoms with Gasteiger partial charge in [-0.05, 0) is 37.5 Å². The zero-order valence-electron chi connectivity index (χ0n) is 12.1. The predicted octanol–water partition coefficient (Wildman–Crippen LogP) is 2.94. The summed E-state index contributed by atoms with van der Waals surface area (Å²) in [6.45, 7) is 8.71. The Labute approximate surface area is 110 Å². The summed E-state index contributed by atoms with van der Waals surface area (Å²) in [6.07, 6.45) is 0. The van der Waals surface area contributed by atoms with Gasteiger partial charge in [-0.25, -0.2) is 0 Å². The molecule has 3 heteroatoms. The number of benzene rings is 1. The van der Waals surface area contributed by atoms with Crippen molar-refractivity contribution in [3.8, 4) is 5.75 Å². The molecule has 0 saturated heterocycles. The van der Waals surface area contributed by atoms with Crippen LogP contribution in [0.4, 0.5) is 0 Å². The maximum absolute atomic E-state index is 6.06. The number of ether oxygens (including phenoxy) is 2. The van der Waals surface area contributed by atoms with E-state index in [9.17, 15) is 0 Å². The van der Waals surface area contributed by atoms with Gasteiger partial charge in [0.15, 0.2) is 0 Å². The summed E-state index contributed by atoms with van der Waals surface area (Å²) in [5, 5.41) is 0. The molecule has 2 N–H and O–H groups in total. The molecule has 0 aliphatic heterocycles. The fraction of sp³-hybridized carbons (Fsp3) is 0.600. The van der Waals surface area contributed by atoms with Crippen molar-refractivity contribution in [2.45, 2.75) is 45.3 Å². The predicted molar refractivity (Wildman–Crippen MR) is 75.1 cm³/mol. The maximum Gasteiger partial charge on any atom is 0.119 e. The fourth-order valence-electron chi connectivity index (χ4n) is 1.50. The minimum Gasteiger partial charge on any atom is -0.492 e. The lowest BCUT2D eigenvalue weighted by molar-refractivity contribution is -0.0109. The van der Waals surface area contributed by atoms with Gasteiger partial charge in [-0.2, -0.15) is 0 Å². The monoisotopic (exact) mass is 251 g/mol. The van der Waals surface area contributed by atoms with Crippen molar-refractivity contribution >= 4 is 0 Å². The van der Waals surface area contributed by atoms with E-state index in [1.165, 1.54) is 5.56 Å². The molecule has 18 heavy (non-hydrogen) atoms. The van der Waals surface area contributed by atoms with Gasteiger partial charge in [0.25, 0.3) is 0 Å². The second-order valence-electron chi connectivity index (χ2n) is 5.45. The summed E-state index contributed by atoms with van der Waals surface area (Å²) < 4.78 is 11.1. The van der Waals surface area contributed by atoms with Crippen molar-refractivity contribution in [3.05, 3.63) is 29.8 Å². The highest BCUT2D eigenvalue weighted by Gasteiger charge is 2.26. The Morgan fingerprint density at radius 2 is 1.94 bits per heavy atom. The number of hydrogen-bond donors (Lipinski definition) is 1. The molecule has 0 amide bonds. The van der Waals surface area contributed by atoms with Crippen LogP contribution in [0.1, 0.15) is 39.2 Å². The normalized spacial score (nSPS) is 13.7. The van der Waals surface area contributed by atoms with E-state index < -0.39 is 0 Å². The molecule has 0 spiro atoms. The van der Waals surface area contributed by atoms with Gasteiger partial charge >= 0.3 is 0 Å². The summed E-state index contributed by atoms with van der Waals surface area (Å²) in [5.41, 5.74) is 6.95. The molecule has 0 aliphatic carbocycles. The van der Waals surface area contributed by atoms with Crippen LogP contribution in [0, 0.1) is 0 Å². The Balaban J connectivity index is 2.61. The number of rotatable bonds is 6. The van der Waals surface area contributed by atoms with Gasteiger partial charge < -0.3 is 15.2 Å². The van der Waals surface area contributed by atoms with Crippen molar-refractivity contribution in [1.82, 2.24) is 0 Å². The Morgan fingerprint density at radius 3 is 2.50 bits per heavy atom. The van der Waals surface area contributed by atoms with E-state index in [1.54, 1.807) is 7.11 Å². The van der Waals surface area contributed by atoms with Gasteiger partial charge in [0.05, 0.1) is 11.6 Å². The molecular formula is C15H25NO2. The highest BCUT2D eigenvalue weighted by Crippen LogP contribution is 2.21. The average Bonchev–Trinajstić information content (AvgIpc) is 2.36. The van der Waals surface area contributed by atoms with E-state index in [0.29, 0.717) is 12.5 Å². The summed E-state index contributed by atoms with van der Waals surface area (Å²) in [4.78, 5) is 0. The van der Waals surface area contributed by atoms with E-state index in [-0.39, 0.29) is 11.6 Å². The van der Waals surface area contributed by atoms with Crippen molar-refractivity contribution in [1.29, 1.82) is 0 Å². The van der Waals surface area contributed by atoms with E-state index in [1.807, 2.05) is 26.0 Å². The Bertz CT molecular complexity index is 375. The van der Waals surface area contributed by atoms with Crippen LogP contribution in [-0.2, 0) is 4.74 Å². The van der Waals surface area contributed by atoms with Crippen LogP contribution in [0.2, 0.25) is 0 Å². The lowest BCUT2D eigenvalue weighted by Gasteiger charge is -2.29. The van der Waals surface area contributed by atoms with Gasteiger partial charge in [0.2, 0.25) is 0 Å². The summed E-state index contributed by atoms with van der Waals surface area (Å²) in [5.74, 6) is 1.36. The molecule has 3 nitrogen and oxygen atoms in total. The Hall–Kier alpha value is -1.06. The van der Waals surface area contributed by atoms with E-state index in [4.69, 9.17) is 15.2 Å². The van der Waals surface area contributed by atoms with Gasteiger partial charge in [0, 0.05) is 7.11 Å². The molecular weight excluding hydrogens is 226 g/mol. The lowest BCUT2D eigenvalue weighted by Crippen LogP contribution is -2.48. The third-order valence-electron chi connectivity index (χ3n) is 3.37. The highest BCUT2D eigenvalue weighted by atomic mass is 16.5. The molecule has 0 bridgehead atoms. The average molecular weight is 251 g/mol. The van der Waals surface area contributed by atoms with Crippen molar-refractivity contribution in [2.75, 3.05) is 13.7 Å². The van der Waals surface area contributed by atoms with E-state index >= 15 is 0 Å². The first-order chi connectivity index (χ1) is 8.36. The summed E-state index contributed by atoms with van der Waals surface area (Å²) in [6, 6.07) is 7.98. The molecule has 0 aliphatic rings. The molecule has 0 fully saturated rings. The topological polar surface area (TPSA) is 44.5 Å². The van der Waals surface area contributed by atoms with Crippen LogP contribution in [-0.4, -0.2) is 25.4 Å². The third kappa shape index (κ3) is 4.00. The molecule has 0 heterocycles. The molecule has 1 aromatic rings. The van der Waals surface area contributed by atoms with Crippen molar-refractivity contribution in [2.24, 2.45) is 5.73 Å². The van der Waals surface area contributed by atoms with E-state index in [0.717, 1.165) is 5.75 Å².